The molecule has 5 nitrogen and oxygen atoms in total. The van der Waals surface area contributed by atoms with E-state index in [1.54, 1.807) is 39.0 Å². The number of fused-ring (bicyclic) bond motifs is 1. The van der Waals surface area contributed by atoms with Crippen molar-refractivity contribution in [2.75, 3.05) is 18.0 Å². The van der Waals surface area contributed by atoms with Gasteiger partial charge in [-0.3, -0.25) is 0 Å². The van der Waals surface area contributed by atoms with Gasteiger partial charge in [0.15, 0.2) is 0 Å². The third-order valence-corrected chi connectivity index (χ3v) is 4.22. The number of rotatable bonds is 2. The second-order valence-corrected chi connectivity index (χ2v) is 7.51. The standard InChI is InChI=1S/C18H21ClN2O3/c1-18(2,3)24-17(22)16-15(20-8-4-5-9-20)11-12-10-13(19)6-7-14(12)21(16)23/h6-7,10-11H,4-5,8-9H2,1-3H3. The highest BCUT2D eigenvalue weighted by Gasteiger charge is 2.32. The molecule has 1 aromatic carbocycles. The zero-order valence-electron chi connectivity index (χ0n) is 14.1. The summed E-state index contributed by atoms with van der Waals surface area (Å²) in [6.45, 7) is 7.01. The molecule has 1 aliphatic heterocycles. The van der Waals surface area contributed by atoms with Crippen LogP contribution in [0.3, 0.4) is 0 Å². The van der Waals surface area contributed by atoms with Crippen molar-refractivity contribution in [3.05, 3.63) is 40.2 Å². The molecule has 0 aliphatic carbocycles. The molecule has 3 rings (SSSR count). The number of carbonyl (C=O) groups is 1. The second kappa shape index (κ2) is 6.13. The van der Waals surface area contributed by atoms with Gasteiger partial charge in [0, 0.05) is 24.2 Å². The van der Waals surface area contributed by atoms with Crippen LogP contribution in [-0.2, 0) is 4.74 Å². The summed E-state index contributed by atoms with van der Waals surface area (Å²) in [5, 5.41) is 14.2. The Labute approximate surface area is 146 Å². The van der Waals surface area contributed by atoms with Crippen molar-refractivity contribution >= 4 is 34.2 Å². The molecule has 2 heterocycles. The predicted molar refractivity (Wildman–Crippen MR) is 94.5 cm³/mol. The molecule has 0 spiro atoms. The Kier molecular flexibility index (Phi) is 4.30. The Morgan fingerprint density at radius 1 is 1.25 bits per heavy atom. The van der Waals surface area contributed by atoms with E-state index in [0.29, 0.717) is 26.3 Å². The fourth-order valence-corrected chi connectivity index (χ4v) is 3.16. The largest absolute Gasteiger partial charge is 0.618 e. The van der Waals surface area contributed by atoms with Gasteiger partial charge in [0.1, 0.15) is 11.3 Å². The lowest BCUT2D eigenvalue weighted by Crippen LogP contribution is -2.41. The van der Waals surface area contributed by atoms with E-state index in [0.717, 1.165) is 25.9 Å². The number of anilines is 1. The number of halogens is 1. The van der Waals surface area contributed by atoms with E-state index in [1.807, 2.05) is 6.07 Å². The van der Waals surface area contributed by atoms with E-state index in [1.165, 1.54) is 0 Å². The van der Waals surface area contributed by atoms with Crippen LogP contribution in [0, 0.1) is 5.21 Å². The van der Waals surface area contributed by atoms with E-state index in [-0.39, 0.29) is 5.69 Å². The van der Waals surface area contributed by atoms with Crippen molar-refractivity contribution in [1.82, 2.24) is 0 Å². The maximum atomic E-state index is 12.9. The summed E-state index contributed by atoms with van der Waals surface area (Å²) in [5.41, 5.74) is 0.401. The Balaban J connectivity index is 2.20. The quantitative estimate of drug-likeness (QED) is 0.472. The molecule has 24 heavy (non-hydrogen) atoms. The number of benzene rings is 1. The molecule has 1 saturated heterocycles. The number of aromatic nitrogens is 1. The number of carbonyl (C=O) groups excluding carboxylic acids is 1. The smallest absolute Gasteiger partial charge is 0.407 e. The molecular formula is C18H21ClN2O3. The van der Waals surface area contributed by atoms with E-state index in [9.17, 15) is 10.0 Å². The van der Waals surface area contributed by atoms with Crippen molar-refractivity contribution in [2.24, 2.45) is 0 Å². The highest BCUT2D eigenvalue weighted by Crippen LogP contribution is 2.29. The first-order valence-electron chi connectivity index (χ1n) is 8.10. The van der Waals surface area contributed by atoms with Crippen molar-refractivity contribution in [1.29, 1.82) is 0 Å². The topological polar surface area (TPSA) is 56.5 Å². The maximum Gasteiger partial charge on any atom is 0.407 e. The fraction of sp³-hybridized carbons (Fsp3) is 0.444. The van der Waals surface area contributed by atoms with Gasteiger partial charge in [0.05, 0.1) is 5.39 Å². The van der Waals surface area contributed by atoms with Crippen molar-refractivity contribution in [3.8, 4) is 0 Å². The van der Waals surface area contributed by atoms with E-state index >= 15 is 0 Å². The fourth-order valence-electron chi connectivity index (χ4n) is 2.98. The second-order valence-electron chi connectivity index (χ2n) is 7.07. The van der Waals surface area contributed by atoms with Crippen molar-refractivity contribution in [2.45, 2.75) is 39.2 Å². The summed E-state index contributed by atoms with van der Waals surface area (Å²) < 4.78 is 6.14. The average molecular weight is 349 g/mol. The number of ether oxygens (including phenoxy) is 1. The average Bonchev–Trinajstić information content (AvgIpc) is 2.98. The molecule has 1 fully saturated rings. The first kappa shape index (κ1) is 16.8. The zero-order chi connectivity index (χ0) is 17.5. The molecule has 0 bridgehead atoms. The van der Waals surface area contributed by atoms with Gasteiger partial charge in [-0.05, 0) is 51.8 Å². The zero-order valence-corrected chi connectivity index (χ0v) is 14.9. The lowest BCUT2D eigenvalue weighted by Gasteiger charge is -2.23. The highest BCUT2D eigenvalue weighted by molar-refractivity contribution is 6.31. The molecule has 0 saturated carbocycles. The molecule has 6 heteroatoms. The van der Waals surface area contributed by atoms with Crippen LogP contribution in [0.4, 0.5) is 5.69 Å². The third-order valence-electron chi connectivity index (χ3n) is 3.99. The maximum absolute atomic E-state index is 12.9. The van der Waals surface area contributed by atoms with Gasteiger partial charge in [-0.25, -0.2) is 4.79 Å². The van der Waals surface area contributed by atoms with Crippen molar-refractivity contribution in [3.63, 3.8) is 0 Å². The minimum Gasteiger partial charge on any atom is -0.618 e. The first-order chi connectivity index (χ1) is 11.3. The molecular weight excluding hydrogens is 328 g/mol. The van der Waals surface area contributed by atoms with E-state index in [2.05, 4.69) is 4.90 Å². The SMILES string of the molecule is CC(C)(C)OC(=O)c1c(N2CCCC2)cc2cc(Cl)ccc2[n+]1[O-]. The normalized spacial score (nSPS) is 15.1. The van der Waals surface area contributed by atoms with Crippen LogP contribution in [0.25, 0.3) is 10.9 Å². The van der Waals surface area contributed by atoms with Crippen LogP contribution < -0.4 is 9.63 Å². The van der Waals surface area contributed by atoms with Crippen LogP contribution in [-0.4, -0.2) is 24.7 Å². The van der Waals surface area contributed by atoms with E-state index < -0.39 is 11.6 Å². The van der Waals surface area contributed by atoms with Gasteiger partial charge in [0.25, 0.3) is 0 Å². The van der Waals surface area contributed by atoms with Gasteiger partial charge in [0.2, 0.25) is 5.52 Å². The van der Waals surface area contributed by atoms with Gasteiger partial charge >= 0.3 is 11.7 Å². The summed E-state index contributed by atoms with van der Waals surface area (Å²) in [6.07, 6.45) is 2.08. The Morgan fingerprint density at radius 3 is 2.54 bits per heavy atom. The summed E-state index contributed by atoms with van der Waals surface area (Å²) in [7, 11) is 0. The monoisotopic (exact) mass is 348 g/mol. The Hall–Kier alpha value is -2.01. The van der Waals surface area contributed by atoms with Gasteiger partial charge < -0.3 is 14.8 Å². The molecule has 1 aliphatic rings. The Bertz CT molecular complexity index is 793. The molecule has 128 valence electrons. The molecule has 0 atom stereocenters. The van der Waals surface area contributed by atoms with Crippen LogP contribution in [0.1, 0.15) is 44.1 Å². The number of pyridine rings is 1. The van der Waals surface area contributed by atoms with Crippen molar-refractivity contribution < 1.29 is 14.3 Å². The van der Waals surface area contributed by atoms with Crippen LogP contribution >= 0.6 is 11.6 Å². The summed E-state index contributed by atoms with van der Waals surface area (Å²) in [5.74, 6) is -0.601. The predicted octanol–water partition coefficient (Wildman–Crippen LogP) is 3.68. The molecule has 0 N–H and O–H groups in total. The van der Waals surface area contributed by atoms with Crippen LogP contribution in [0.5, 0.6) is 0 Å². The minimum absolute atomic E-state index is 0.0432. The lowest BCUT2D eigenvalue weighted by atomic mass is 10.1. The molecule has 0 amide bonds. The summed E-state index contributed by atoms with van der Waals surface area (Å²) >= 11 is 6.06. The summed E-state index contributed by atoms with van der Waals surface area (Å²) in [6, 6.07) is 6.88. The number of esters is 1. The highest BCUT2D eigenvalue weighted by atomic mass is 35.5. The van der Waals surface area contributed by atoms with Crippen LogP contribution in [0.15, 0.2) is 24.3 Å². The molecule has 0 radical (unpaired) electrons. The summed E-state index contributed by atoms with van der Waals surface area (Å²) in [4.78, 5) is 14.7. The van der Waals surface area contributed by atoms with Crippen LogP contribution in [0.2, 0.25) is 5.02 Å². The molecule has 0 unspecified atom stereocenters. The minimum atomic E-state index is -0.665. The van der Waals surface area contributed by atoms with Gasteiger partial charge in [-0.1, -0.05) is 11.6 Å². The number of hydrogen-bond acceptors (Lipinski definition) is 4. The molecule has 2 aromatic rings. The lowest BCUT2D eigenvalue weighted by molar-refractivity contribution is -0.579. The van der Waals surface area contributed by atoms with Gasteiger partial charge in [-0.15, -0.1) is 0 Å². The third kappa shape index (κ3) is 3.26. The number of hydrogen-bond donors (Lipinski definition) is 0. The Morgan fingerprint density at radius 2 is 1.92 bits per heavy atom. The first-order valence-corrected chi connectivity index (χ1v) is 8.48. The molecule has 1 aromatic heterocycles. The van der Waals surface area contributed by atoms with Gasteiger partial charge in [-0.2, -0.15) is 4.73 Å². The van der Waals surface area contributed by atoms with E-state index in [4.69, 9.17) is 16.3 Å². The number of nitrogens with zero attached hydrogens (tertiary/aromatic N) is 2.